The third kappa shape index (κ3) is 3.69. The molecule has 0 radical (unpaired) electrons. The zero-order valence-electron chi connectivity index (χ0n) is 10.4. The van der Waals surface area contributed by atoms with E-state index in [1.165, 1.54) is 17.4 Å². The first-order valence-corrected chi connectivity index (χ1v) is 7.60. The Morgan fingerprint density at radius 3 is 2.63 bits per heavy atom. The molecule has 0 saturated heterocycles. The van der Waals surface area contributed by atoms with E-state index in [1.54, 1.807) is 12.1 Å². The zero-order chi connectivity index (χ0) is 13.8. The molecule has 1 heterocycles. The van der Waals surface area contributed by atoms with Gasteiger partial charge in [0, 0.05) is 11.6 Å². The highest BCUT2D eigenvalue weighted by Crippen LogP contribution is 2.36. The van der Waals surface area contributed by atoms with Crippen LogP contribution in [0.25, 0.3) is 0 Å². The van der Waals surface area contributed by atoms with Crippen LogP contribution in [0, 0.1) is 5.82 Å². The Hall–Kier alpha value is -0.610. The molecule has 0 amide bonds. The maximum absolute atomic E-state index is 13.7. The average Bonchev–Trinajstić information content (AvgIpc) is 2.70. The maximum Gasteiger partial charge on any atom is 0.126 e. The summed E-state index contributed by atoms with van der Waals surface area (Å²) in [4.78, 5) is 0. The first-order chi connectivity index (χ1) is 9.11. The van der Waals surface area contributed by atoms with Gasteiger partial charge < -0.3 is 5.32 Å². The summed E-state index contributed by atoms with van der Waals surface area (Å²) in [7, 11) is 0. The molecule has 1 aromatic heterocycles. The minimum absolute atomic E-state index is 0.0295. The van der Waals surface area contributed by atoms with Gasteiger partial charge in [-0.05, 0) is 30.7 Å². The van der Waals surface area contributed by atoms with Crippen molar-refractivity contribution in [2.75, 3.05) is 6.54 Å². The second kappa shape index (κ2) is 6.71. The normalized spacial score (nSPS) is 12.6. The summed E-state index contributed by atoms with van der Waals surface area (Å²) in [5, 5.41) is 3.33. The standard InChI is InChI=1S/C14H14Cl2FNS/c1-2-18-12(10-8-13(15)19-14(10)16)7-9-5-3-4-6-11(9)17/h3-6,8,12,18H,2,7H2,1H3. The van der Waals surface area contributed by atoms with Crippen molar-refractivity contribution >= 4 is 34.5 Å². The number of halogens is 3. The highest BCUT2D eigenvalue weighted by Gasteiger charge is 2.18. The number of rotatable bonds is 5. The number of nitrogens with one attached hydrogen (secondary N) is 1. The second-order valence-corrected chi connectivity index (χ2v) is 6.47. The predicted octanol–water partition coefficient (Wildman–Crippen LogP) is 5.09. The van der Waals surface area contributed by atoms with Crippen molar-refractivity contribution < 1.29 is 4.39 Å². The smallest absolute Gasteiger partial charge is 0.126 e. The van der Waals surface area contributed by atoms with Crippen LogP contribution in [0.5, 0.6) is 0 Å². The van der Waals surface area contributed by atoms with Gasteiger partial charge >= 0.3 is 0 Å². The summed E-state index contributed by atoms with van der Waals surface area (Å²) in [5.41, 5.74) is 1.61. The van der Waals surface area contributed by atoms with Crippen molar-refractivity contribution in [1.29, 1.82) is 0 Å². The molecule has 1 atom stereocenters. The van der Waals surface area contributed by atoms with Gasteiger partial charge in [-0.1, -0.05) is 48.3 Å². The average molecular weight is 318 g/mol. The lowest BCUT2D eigenvalue weighted by molar-refractivity contribution is 0.529. The summed E-state index contributed by atoms with van der Waals surface area (Å²) in [6.45, 7) is 2.79. The van der Waals surface area contributed by atoms with Crippen LogP contribution in [0.2, 0.25) is 8.67 Å². The molecule has 1 nitrogen and oxygen atoms in total. The molecule has 102 valence electrons. The summed E-state index contributed by atoms with van der Waals surface area (Å²) in [6, 6.07) is 8.61. The van der Waals surface area contributed by atoms with E-state index in [9.17, 15) is 4.39 Å². The second-order valence-electron chi connectivity index (χ2n) is 4.19. The van der Waals surface area contributed by atoms with Crippen molar-refractivity contribution in [3.8, 4) is 0 Å². The third-order valence-electron chi connectivity index (χ3n) is 2.89. The van der Waals surface area contributed by atoms with Crippen LogP contribution in [-0.4, -0.2) is 6.54 Å². The van der Waals surface area contributed by atoms with E-state index in [4.69, 9.17) is 23.2 Å². The van der Waals surface area contributed by atoms with Gasteiger partial charge in [-0.25, -0.2) is 4.39 Å². The van der Waals surface area contributed by atoms with Crippen LogP contribution in [0.3, 0.4) is 0 Å². The maximum atomic E-state index is 13.7. The van der Waals surface area contributed by atoms with E-state index in [2.05, 4.69) is 5.32 Å². The lowest BCUT2D eigenvalue weighted by atomic mass is 10.0. The highest BCUT2D eigenvalue weighted by atomic mass is 35.5. The van der Waals surface area contributed by atoms with Gasteiger partial charge in [0.05, 0.1) is 8.67 Å². The third-order valence-corrected chi connectivity index (χ3v) is 4.41. The first kappa shape index (κ1) is 14.8. The fourth-order valence-electron chi connectivity index (χ4n) is 2.01. The van der Waals surface area contributed by atoms with Crippen molar-refractivity contribution in [2.24, 2.45) is 0 Å². The highest BCUT2D eigenvalue weighted by molar-refractivity contribution is 7.20. The van der Waals surface area contributed by atoms with Gasteiger partial charge in [0.15, 0.2) is 0 Å². The molecule has 0 aliphatic heterocycles. The van der Waals surface area contributed by atoms with E-state index >= 15 is 0 Å². The van der Waals surface area contributed by atoms with Crippen molar-refractivity contribution in [2.45, 2.75) is 19.4 Å². The van der Waals surface area contributed by atoms with Gasteiger partial charge in [-0.2, -0.15) is 0 Å². The molecule has 19 heavy (non-hydrogen) atoms. The molecular weight excluding hydrogens is 304 g/mol. The van der Waals surface area contributed by atoms with Crippen LogP contribution in [0.15, 0.2) is 30.3 Å². The number of benzene rings is 1. The van der Waals surface area contributed by atoms with E-state index in [0.717, 1.165) is 12.1 Å². The largest absolute Gasteiger partial charge is 0.310 e. The predicted molar refractivity (Wildman–Crippen MR) is 80.9 cm³/mol. The Balaban J connectivity index is 2.26. The molecule has 0 aliphatic carbocycles. The molecule has 1 aromatic carbocycles. The molecule has 0 bridgehead atoms. The Bertz CT molecular complexity index is 556. The van der Waals surface area contributed by atoms with Crippen molar-refractivity contribution in [1.82, 2.24) is 5.32 Å². The van der Waals surface area contributed by atoms with Crippen LogP contribution >= 0.6 is 34.5 Å². The van der Waals surface area contributed by atoms with E-state index in [-0.39, 0.29) is 11.9 Å². The molecule has 1 N–H and O–H groups in total. The summed E-state index contributed by atoms with van der Waals surface area (Å²) < 4.78 is 15.0. The molecule has 0 saturated carbocycles. The number of thiophene rings is 1. The Morgan fingerprint density at radius 1 is 1.32 bits per heavy atom. The summed E-state index contributed by atoms with van der Waals surface area (Å²) in [5.74, 6) is -0.192. The van der Waals surface area contributed by atoms with Gasteiger partial charge in [-0.3, -0.25) is 0 Å². The number of likely N-dealkylation sites (N-methyl/N-ethyl adjacent to an activating group) is 1. The van der Waals surface area contributed by atoms with Crippen molar-refractivity contribution in [3.05, 3.63) is 55.9 Å². The summed E-state index contributed by atoms with van der Waals surface area (Å²) >= 11 is 13.5. The van der Waals surface area contributed by atoms with E-state index in [1.807, 2.05) is 19.1 Å². The topological polar surface area (TPSA) is 12.0 Å². The molecular formula is C14H14Cl2FNS. The molecule has 0 fully saturated rings. The number of hydrogen-bond donors (Lipinski definition) is 1. The summed E-state index contributed by atoms with van der Waals surface area (Å²) in [6.07, 6.45) is 0.549. The van der Waals surface area contributed by atoms with Crippen LogP contribution in [0.1, 0.15) is 24.1 Å². The van der Waals surface area contributed by atoms with Crippen LogP contribution in [0.4, 0.5) is 4.39 Å². The van der Waals surface area contributed by atoms with Gasteiger partial charge in [0.1, 0.15) is 5.82 Å². The van der Waals surface area contributed by atoms with Gasteiger partial charge in [-0.15, -0.1) is 11.3 Å². The van der Waals surface area contributed by atoms with Gasteiger partial charge in [0.2, 0.25) is 0 Å². The Labute approximate surface area is 126 Å². The number of hydrogen-bond acceptors (Lipinski definition) is 2. The Kier molecular flexibility index (Phi) is 5.22. The van der Waals surface area contributed by atoms with Crippen LogP contribution < -0.4 is 5.32 Å². The quantitative estimate of drug-likeness (QED) is 0.810. The van der Waals surface area contributed by atoms with E-state index in [0.29, 0.717) is 20.7 Å². The molecule has 0 aliphatic rings. The molecule has 0 spiro atoms. The van der Waals surface area contributed by atoms with Gasteiger partial charge in [0.25, 0.3) is 0 Å². The molecule has 2 rings (SSSR count). The Morgan fingerprint density at radius 2 is 2.05 bits per heavy atom. The molecule has 2 aromatic rings. The zero-order valence-corrected chi connectivity index (χ0v) is 12.7. The van der Waals surface area contributed by atoms with Crippen molar-refractivity contribution in [3.63, 3.8) is 0 Å². The van der Waals surface area contributed by atoms with E-state index < -0.39 is 0 Å². The minimum atomic E-state index is -0.192. The lowest BCUT2D eigenvalue weighted by Gasteiger charge is -2.18. The fourth-order valence-corrected chi connectivity index (χ4v) is 3.59. The molecule has 1 unspecified atom stereocenters. The fraction of sp³-hybridized carbons (Fsp3) is 0.286. The minimum Gasteiger partial charge on any atom is -0.310 e. The SMILES string of the molecule is CCNC(Cc1ccccc1F)c1cc(Cl)sc1Cl. The monoisotopic (exact) mass is 317 g/mol. The van der Waals surface area contributed by atoms with Crippen LogP contribution in [-0.2, 0) is 6.42 Å². The first-order valence-electron chi connectivity index (χ1n) is 6.03. The lowest BCUT2D eigenvalue weighted by Crippen LogP contribution is -2.23. The molecule has 5 heteroatoms.